The molecule has 2 aromatic rings. The fourth-order valence-electron chi connectivity index (χ4n) is 1.75. The molecule has 0 spiro atoms. The number of benzene rings is 1. The van der Waals surface area contributed by atoms with Crippen LogP contribution in [-0.2, 0) is 14.4 Å². The minimum atomic E-state index is -0.541. The number of aryl methyl sites for hydroxylation is 1. The first-order valence-electron chi connectivity index (χ1n) is 6.76. The minimum absolute atomic E-state index is 0.0986. The highest BCUT2D eigenvalue weighted by Crippen LogP contribution is 2.31. The molecule has 0 aliphatic heterocycles. The monoisotopic (exact) mass is 319 g/mol. The van der Waals surface area contributed by atoms with E-state index in [1.165, 1.54) is 18.4 Å². The van der Waals surface area contributed by atoms with Crippen molar-refractivity contribution in [3.63, 3.8) is 0 Å². The Labute approximate surface area is 133 Å². The van der Waals surface area contributed by atoms with E-state index in [2.05, 4.69) is 5.16 Å². The van der Waals surface area contributed by atoms with Crippen LogP contribution in [0.2, 0.25) is 0 Å². The van der Waals surface area contributed by atoms with Crippen LogP contribution in [0.4, 0.5) is 0 Å². The fraction of sp³-hybridized carbons (Fsp3) is 0.250. The molecule has 0 saturated carbocycles. The van der Waals surface area contributed by atoms with Crippen molar-refractivity contribution in [2.45, 2.75) is 13.8 Å². The Kier molecular flexibility index (Phi) is 5.55. The van der Waals surface area contributed by atoms with Crippen molar-refractivity contribution < 1.29 is 19.1 Å². The van der Waals surface area contributed by atoms with Crippen LogP contribution in [0.3, 0.4) is 0 Å². The van der Waals surface area contributed by atoms with Crippen molar-refractivity contribution in [1.82, 2.24) is 0 Å². The predicted molar refractivity (Wildman–Crippen MR) is 85.8 cm³/mol. The Morgan fingerprint density at radius 2 is 1.95 bits per heavy atom. The minimum Gasteiger partial charge on any atom is -0.461 e. The van der Waals surface area contributed by atoms with E-state index < -0.39 is 5.97 Å². The molecular formula is C16H17NO4S. The van der Waals surface area contributed by atoms with Crippen molar-refractivity contribution in [1.29, 1.82) is 0 Å². The Morgan fingerprint density at radius 1 is 1.23 bits per heavy atom. The number of hydrogen-bond acceptors (Lipinski definition) is 6. The molecule has 0 aliphatic carbocycles. The first-order chi connectivity index (χ1) is 10.7. The van der Waals surface area contributed by atoms with Crippen LogP contribution in [-0.4, -0.2) is 25.4 Å². The number of nitrogens with zero attached hydrogens (tertiary/aromatic N) is 1. The van der Waals surface area contributed by atoms with Crippen molar-refractivity contribution in [3.8, 4) is 11.5 Å². The highest BCUT2D eigenvalue weighted by Gasteiger charge is 2.22. The van der Waals surface area contributed by atoms with Gasteiger partial charge in [-0.3, -0.25) is 0 Å². The lowest BCUT2D eigenvalue weighted by Gasteiger charge is -2.08. The molecule has 116 valence electrons. The molecule has 0 radical (unpaired) electrons. The van der Waals surface area contributed by atoms with E-state index in [0.717, 1.165) is 5.56 Å². The Balaban J connectivity index is 2.28. The van der Waals surface area contributed by atoms with E-state index >= 15 is 0 Å². The van der Waals surface area contributed by atoms with E-state index in [-0.39, 0.29) is 12.3 Å². The van der Waals surface area contributed by atoms with E-state index in [0.29, 0.717) is 16.4 Å². The average Bonchev–Trinajstić information content (AvgIpc) is 2.95. The van der Waals surface area contributed by atoms with Crippen molar-refractivity contribution in [2.75, 3.05) is 13.7 Å². The van der Waals surface area contributed by atoms with Gasteiger partial charge in [0.25, 0.3) is 0 Å². The highest BCUT2D eigenvalue weighted by molar-refractivity contribution is 7.13. The second kappa shape index (κ2) is 7.61. The van der Waals surface area contributed by atoms with Gasteiger partial charge in [0.1, 0.15) is 23.5 Å². The van der Waals surface area contributed by atoms with Gasteiger partial charge in [0.2, 0.25) is 5.71 Å². The smallest absolute Gasteiger partial charge is 0.362 e. The molecule has 22 heavy (non-hydrogen) atoms. The molecule has 0 atom stereocenters. The number of thiophene rings is 1. The number of rotatable bonds is 6. The molecule has 1 aromatic heterocycles. The maximum absolute atomic E-state index is 12.0. The molecule has 1 heterocycles. The van der Waals surface area contributed by atoms with Gasteiger partial charge in [0, 0.05) is 0 Å². The average molecular weight is 319 g/mol. The Bertz CT molecular complexity index is 661. The topological polar surface area (TPSA) is 57.1 Å². The van der Waals surface area contributed by atoms with Gasteiger partial charge in [-0.1, -0.05) is 22.9 Å². The summed E-state index contributed by atoms with van der Waals surface area (Å²) < 4.78 is 10.8. The number of oxime groups is 1. The first kappa shape index (κ1) is 16.0. The summed E-state index contributed by atoms with van der Waals surface area (Å²) in [6, 6.07) is 9.43. The zero-order valence-corrected chi connectivity index (χ0v) is 13.5. The van der Waals surface area contributed by atoms with Gasteiger partial charge in [-0.15, -0.1) is 11.3 Å². The van der Waals surface area contributed by atoms with Crippen LogP contribution in [0, 0.1) is 6.92 Å². The van der Waals surface area contributed by atoms with E-state index in [1.807, 2.05) is 36.6 Å². The molecule has 2 rings (SSSR count). The third-order valence-corrected chi connectivity index (χ3v) is 3.65. The number of carbonyl (C=O) groups excluding carboxylic acids is 1. The number of hydrogen-bond donors (Lipinski definition) is 0. The molecule has 0 unspecified atom stereocenters. The summed E-state index contributed by atoms with van der Waals surface area (Å²) in [6.45, 7) is 4.01. The summed E-state index contributed by atoms with van der Waals surface area (Å²) in [6.07, 6.45) is 0. The summed E-state index contributed by atoms with van der Waals surface area (Å²) in [5.74, 6) is 0.684. The van der Waals surface area contributed by atoms with E-state index in [4.69, 9.17) is 14.3 Å². The van der Waals surface area contributed by atoms with Crippen LogP contribution in [0.5, 0.6) is 11.5 Å². The SMILES string of the molecule is CCOC(=O)/C(=N\OC)c1sccc1Oc1ccc(C)cc1. The predicted octanol–water partition coefficient (Wildman–Crippen LogP) is 3.76. The molecule has 0 aliphatic rings. The van der Waals surface area contributed by atoms with Gasteiger partial charge < -0.3 is 14.3 Å². The summed E-state index contributed by atoms with van der Waals surface area (Å²) in [5.41, 5.74) is 1.24. The molecule has 6 heteroatoms. The van der Waals surface area contributed by atoms with Gasteiger partial charge in [-0.25, -0.2) is 4.79 Å². The van der Waals surface area contributed by atoms with Gasteiger partial charge in [0.15, 0.2) is 0 Å². The molecule has 1 aromatic carbocycles. The molecule has 5 nitrogen and oxygen atoms in total. The summed E-state index contributed by atoms with van der Waals surface area (Å²) in [7, 11) is 1.38. The second-order valence-corrected chi connectivity index (χ2v) is 5.29. The summed E-state index contributed by atoms with van der Waals surface area (Å²) in [4.78, 5) is 17.3. The highest BCUT2D eigenvalue weighted by atomic mass is 32.1. The molecule has 0 bridgehead atoms. The van der Waals surface area contributed by atoms with Gasteiger partial charge in [-0.2, -0.15) is 0 Å². The van der Waals surface area contributed by atoms with Crippen LogP contribution in [0.15, 0.2) is 40.9 Å². The molecule has 0 amide bonds. The third-order valence-electron chi connectivity index (χ3n) is 2.74. The maximum atomic E-state index is 12.0. The standard InChI is InChI=1S/C16H17NO4S/c1-4-20-16(18)14(17-19-3)15-13(9-10-22-15)21-12-7-5-11(2)6-8-12/h5-10H,4H2,1-3H3/b17-14-. The van der Waals surface area contributed by atoms with E-state index in [9.17, 15) is 4.79 Å². The molecule has 0 N–H and O–H groups in total. The normalized spacial score (nSPS) is 11.1. The quantitative estimate of drug-likeness (QED) is 0.462. The number of carbonyl (C=O) groups is 1. The first-order valence-corrected chi connectivity index (χ1v) is 7.64. The molecular weight excluding hydrogens is 302 g/mol. The van der Waals surface area contributed by atoms with Crippen LogP contribution < -0.4 is 4.74 Å². The van der Waals surface area contributed by atoms with Gasteiger partial charge in [-0.05, 0) is 37.4 Å². The van der Waals surface area contributed by atoms with Crippen molar-refractivity contribution >= 4 is 23.0 Å². The van der Waals surface area contributed by atoms with Crippen molar-refractivity contribution in [2.24, 2.45) is 5.16 Å². The van der Waals surface area contributed by atoms with Gasteiger partial charge >= 0.3 is 5.97 Å². The van der Waals surface area contributed by atoms with Crippen LogP contribution in [0.25, 0.3) is 0 Å². The fourth-order valence-corrected chi connectivity index (χ4v) is 2.53. The third kappa shape index (κ3) is 3.85. The molecule has 0 saturated heterocycles. The second-order valence-electron chi connectivity index (χ2n) is 4.37. The Hall–Kier alpha value is -2.34. The van der Waals surface area contributed by atoms with E-state index in [1.54, 1.807) is 13.0 Å². The Morgan fingerprint density at radius 3 is 2.59 bits per heavy atom. The number of esters is 1. The van der Waals surface area contributed by atoms with Crippen LogP contribution in [0.1, 0.15) is 17.4 Å². The van der Waals surface area contributed by atoms with Crippen molar-refractivity contribution in [3.05, 3.63) is 46.2 Å². The number of ether oxygens (including phenoxy) is 2. The zero-order chi connectivity index (χ0) is 15.9. The molecule has 0 fully saturated rings. The van der Waals surface area contributed by atoms with Crippen LogP contribution >= 0.6 is 11.3 Å². The lowest BCUT2D eigenvalue weighted by atomic mass is 10.2. The zero-order valence-electron chi connectivity index (χ0n) is 12.7. The van der Waals surface area contributed by atoms with Gasteiger partial charge in [0.05, 0.1) is 6.61 Å². The summed E-state index contributed by atoms with van der Waals surface area (Å²) >= 11 is 1.34. The lowest BCUT2D eigenvalue weighted by Crippen LogP contribution is -2.18. The largest absolute Gasteiger partial charge is 0.461 e. The lowest BCUT2D eigenvalue weighted by molar-refractivity contribution is -0.135. The maximum Gasteiger partial charge on any atom is 0.362 e. The summed E-state index contributed by atoms with van der Waals surface area (Å²) in [5, 5.41) is 5.60.